The van der Waals surface area contributed by atoms with E-state index in [0.717, 1.165) is 114 Å². The predicted octanol–water partition coefficient (Wildman–Crippen LogP) is 23.6. The third kappa shape index (κ3) is 72.8. The Kier molecular flexibility index (Phi) is 67.8. The Hall–Kier alpha value is -1.94. The molecule has 3 N–H and O–H groups in total. The first-order chi connectivity index (χ1) is 47.6. The lowest BCUT2D eigenvalue weighted by molar-refractivity contribution is -0.161. The predicted molar refractivity (Wildman–Crippen MR) is 404 cm³/mol. The van der Waals surface area contributed by atoms with Gasteiger partial charge >= 0.3 is 39.5 Å². The van der Waals surface area contributed by atoms with Gasteiger partial charge in [0, 0.05) is 25.7 Å². The molecule has 0 heterocycles. The van der Waals surface area contributed by atoms with Crippen LogP contribution < -0.4 is 0 Å². The van der Waals surface area contributed by atoms with Crippen LogP contribution in [0.5, 0.6) is 0 Å². The second-order valence-electron chi connectivity index (χ2n) is 30.5. The SMILES string of the molecule is CCC(C)CCCCCCCCCCCCCCCCCCCCC(=O)O[C@H](COC(=O)CCCCCCCCCC(C)C)COP(=O)(O)OCC(O)COP(=O)(O)OC[C@@H](COC(=O)CCCCCCCCCCCCCCCC(C)C)OC(=O)CCCCCCCCCCC(C)C. The zero-order chi connectivity index (χ0) is 73.1. The summed E-state index contributed by atoms with van der Waals surface area (Å²) in [6.45, 7) is 14.2. The van der Waals surface area contributed by atoms with Crippen LogP contribution in [0.2, 0.25) is 0 Å². The van der Waals surface area contributed by atoms with Crippen LogP contribution in [0.25, 0.3) is 0 Å². The maximum atomic E-state index is 13.1. The first kappa shape index (κ1) is 97.1. The van der Waals surface area contributed by atoms with Gasteiger partial charge in [0.25, 0.3) is 0 Å². The van der Waals surface area contributed by atoms with Crippen LogP contribution in [0.3, 0.4) is 0 Å². The fraction of sp³-hybridized carbons (Fsp3) is 0.950. The smallest absolute Gasteiger partial charge is 0.462 e. The van der Waals surface area contributed by atoms with Gasteiger partial charge < -0.3 is 33.8 Å². The quantitative estimate of drug-likeness (QED) is 0.0222. The molecule has 0 aliphatic heterocycles. The van der Waals surface area contributed by atoms with Gasteiger partial charge in [0.2, 0.25) is 0 Å². The van der Waals surface area contributed by atoms with Gasteiger partial charge in [-0.05, 0) is 49.4 Å². The van der Waals surface area contributed by atoms with E-state index < -0.39 is 97.5 Å². The normalized spacial score (nSPS) is 14.3. The topological polar surface area (TPSA) is 237 Å². The molecule has 0 spiro atoms. The minimum absolute atomic E-state index is 0.104. The van der Waals surface area contributed by atoms with Crippen molar-refractivity contribution in [1.82, 2.24) is 0 Å². The molecule has 0 bridgehead atoms. The van der Waals surface area contributed by atoms with E-state index in [1.807, 2.05) is 0 Å². The Morgan fingerprint density at radius 1 is 0.283 bits per heavy atom. The highest BCUT2D eigenvalue weighted by atomic mass is 31.2. The van der Waals surface area contributed by atoms with Crippen molar-refractivity contribution in [2.75, 3.05) is 39.6 Å². The van der Waals surface area contributed by atoms with Crippen molar-refractivity contribution in [3.8, 4) is 0 Å². The average Bonchev–Trinajstić information content (AvgIpc) is 1.08. The molecule has 0 aromatic heterocycles. The maximum Gasteiger partial charge on any atom is 0.472 e. The summed E-state index contributed by atoms with van der Waals surface area (Å²) in [5, 5.41) is 10.6. The van der Waals surface area contributed by atoms with E-state index >= 15 is 0 Å². The van der Waals surface area contributed by atoms with Crippen LogP contribution in [0.1, 0.15) is 409 Å². The third-order valence-electron chi connectivity index (χ3n) is 18.9. The van der Waals surface area contributed by atoms with Crippen LogP contribution in [0, 0.1) is 23.7 Å². The Balaban J connectivity index is 5.16. The van der Waals surface area contributed by atoms with Crippen molar-refractivity contribution in [3.05, 3.63) is 0 Å². The van der Waals surface area contributed by atoms with Gasteiger partial charge in [0.15, 0.2) is 12.2 Å². The van der Waals surface area contributed by atoms with Gasteiger partial charge in [-0.1, -0.05) is 357 Å². The molecule has 0 aromatic carbocycles. The molecular formula is C80H156O17P2. The van der Waals surface area contributed by atoms with E-state index in [1.54, 1.807) is 0 Å². The highest BCUT2D eigenvalue weighted by Gasteiger charge is 2.30. The number of carbonyl (C=O) groups excluding carboxylic acids is 4. The molecule has 0 aliphatic rings. The summed E-state index contributed by atoms with van der Waals surface area (Å²) in [4.78, 5) is 72.9. The standard InChI is InChI=1S/C80H156O17P2/c1-9-73(8)59-51-43-35-26-22-18-14-12-10-11-13-15-19-24-28-37-46-54-62-79(84)96-76(67-91-78(83)61-53-45-39-31-34-42-50-58-72(6)7)69-95-99(88,89)93-65-74(81)64-92-98(86,87)94-68-75(97-80(85)63-55-47-38-30-29-33-41-49-57-71(4)5)66-90-77(82)60-52-44-36-27-23-20-16-17-21-25-32-40-48-56-70(2)3/h70-76,81H,9-69H2,1-8H3,(H,86,87)(H,88,89)/t73?,74?,75-,76-/m1/s1. The molecule has 19 heteroatoms. The van der Waals surface area contributed by atoms with Gasteiger partial charge in [-0.2, -0.15) is 0 Å². The molecule has 99 heavy (non-hydrogen) atoms. The largest absolute Gasteiger partial charge is 0.472 e. The van der Waals surface area contributed by atoms with Gasteiger partial charge in [0.05, 0.1) is 26.4 Å². The van der Waals surface area contributed by atoms with Crippen molar-refractivity contribution in [2.45, 2.75) is 427 Å². The summed E-state index contributed by atoms with van der Waals surface area (Å²) in [6.07, 6.45) is 55.7. The van der Waals surface area contributed by atoms with E-state index in [2.05, 4.69) is 55.4 Å². The summed E-state index contributed by atoms with van der Waals surface area (Å²) >= 11 is 0. The number of rotatable bonds is 77. The molecule has 0 aliphatic carbocycles. The Morgan fingerprint density at radius 3 is 0.717 bits per heavy atom. The summed E-state index contributed by atoms with van der Waals surface area (Å²) in [7, 11) is -9.92. The van der Waals surface area contributed by atoms with E-state index in [-0.39, 0.29) is 25.7 Å². The summed E-state index contributed by atoms with van der Waals surface area (Å²) in [6, 6.07) is 0. The van der Waals surface area contributed by atoms with Crippen LogP contribution >= 0.6 is 15.6 Å². The number of aliphatic hydroxyl groups is 1. The fourth-order valence-electron chi connectivity index (χ4n) is 12.2. The summed E-state index contributed by atoms with van der Waals surface area (Å²) in [5.41, 5.74) is 0. The number of phosphoric ester groups is 2. The number of ether oxygens (including phenoxy) is 4. The molecule has 17 nitrogen and oxygen atoms in total. The number of aliphatic hydroxyl groups excluding tert-OH is 1. The zero-order valence-electron chi connectivity index (χ0n) is 65.1. The molecule has 0 fully saturated rings. The van der Waals surface area contributed by atoms with Crippen molar-refractivity contribution in [1.29, 1.82) is 0 Å². The molecule has 588 valence electrons. The number of carbonyl (C=O) groups is 4. The monoisotopic (exact) mass is 1450 g/mol. The lowest BCUT2D eigenvalue weighted by Gasteiger charge is -2.21. The van der Waals surface area contributed by atoms with E-state index in [4.69, 9.17) is 37.0 Å². The lowest BCUT2D eigenvalue weighted by Crippen LogP contribution is -2.30. The first-order valence-electron chi connectivity index (χ1n) is 41.2. The second kappa shape index (κ2) is 69.1. The second-order valence-corrected chi connectivity index (χ2v) is 33.4. The Labute approximate surface area is 607 Å². The molecule has 0 rings (SSSR count). The zero-order valence-corrected chi connectivity index (χ0v) is 66.9. The molecule has 0 amide bonds. The lowest BCUT2D eigenvalue weighted by atomic mass is 9.99. The highest BCUT2D eigenvalue weighted by Crippen LogP contribution is 2.45. The van der Waals surface area contributed by atoms with Gasteiger partial charge in [0.1, 0.15) is 19.3 Å². The first-order valence-corrected chi connectivity index (χ1v) is 44.2. The molecule has 4 unspecified atom stereocenters. The maximum absolute atomic E-state index is 13.1. The minimum atomic E-state index is -4.96. The number of hydrogen-bond donors (Lipinski definition) is 3. The molecule has 6 atom stereocenters. The minimum Gasteiger partial charge on any atom is -0.462 e. The molecular weight excluding hydrogens is 1290 g/mol. The van der Waals surface area contributed by atoms with E-state index in [0.29, 0.717) is 31.6 Å². The van der Waals surface area contributed by atoms with Crippen molar-refractivity contribution >= 4 is 39.5 Å². The van der Waals surface area contributed by atoms with Gasteiger partial charge in [-0.25, -0.2) is 9.13 Å². The number of phosphoric acid groups is 2. The van der Waals surface area contributed by atoms with Crippen molar-refractivity contribution in [3.63, 3.8) is 0 Å². The summed E-state index contributed by atoms with van der Waals surface area (Å²) in [5.74, 6) is 0.966. The van der Waals surface area contributed by atoms with E-state index in [1.165, 1.54) is 205 Å². The van der Waals surface area contributed by atoms with Gasteiger partial charge in [-0.3, -0.25) is 37.3 Å². The molecule has 0 radical (unpaired) electrons. The molecule has 0 saturated heterocycles. The molecule has 0 aromatic rings. The fourth-order valence-corrected chi connectivity index (χ4v) is 13.8. The highest BCUT2D eigenvalue weighted by molar-refractivity contribution is 7.47. The van der Waals surface area contributed by atoms with Gasteiger partial charge in [-0.15, -0.1) is 0 Å². The average molecular weight is 1450 g/mol. The summed E-state index contributed by atoms with van der Waals surface area (Å²) < 4.78 is 68.6. The number of esters is 4. The Morgan fingerprint density at radius 2 is 0.485 bits per heavy atom. The van der Waals surface area contributed by atoms with Crippen molar-refractivity contribution in [2.24, 2.45) is 23.7 Å². The number of hydrogen-bond acceptors (Lipinski definition) is 15. The third-order valence-corrected chi connectivity index (χ3v) is 20.8. The van der Waals surface area contributed by atoms with Crippen LogP contribution in [-0.4, -0.2) is 96.7 Å². The van der Waals surface area contributed by atoms with Crippen LogP contribution in [-0.2, 0) is 65.4 Å². The van der Waals surface area contributed by atoms with Crippen molar-refractivity contribution < 1.29 is 80.2 Å². The number of unbranched alkanes of at least 4 members (excludes halogenated alkanes) is 42. The van der Waals surface area contributed by atoms with Crippen LogP contribution in [0.4, 0.5) is 0 Å². The molecule has 0 saturated carbocycles. The van der Waals surface area contributed by atoms with Crippen LogP contribution in [0.15, 0.2) is 0 Å². The Bertz CT molecular complexity index is 1940. The van der Waals surface area contributed by atoms with E-state index in [9.17, 15) is 43.2 Å².